The number of rotatable bonds is 0. The van der Waals surface area contributed by atoms with Crippen molar-refractivity contribution in [3.63, 3.8) is 0 Å². The summed E-state index contributed by atoms with van der Waals surface area (Å²) in [4.78, 5) is 0. The molecule has 0 atom stereocenters. The summed E-state index contributed by atoms with van der Waals surface area (Å²) in [7, 11) is 0. The number of hydrogen-bond acceptors (Lipinski definition) is 0. The maximum Gasteiger partial charge on any atom is 0 e. The summed E-state index contributed by atoms with van der Waals surface area (Å²) < 4.78 is 0. The zero-order valence-electron chi connectivity index (χ0n) is 2.01. The van der Waals surface area contributed by atoms with Gasteiger partial charge in [0.25, 0.3) is 0 Å². The van der Waals surface area contributed by atoms with Gasteiger partial charge in [-0.2, -0.15) is 0 Å². The minimum atomic E-state index is 0. The zero-order chi connectivity index (χ0) is 0. The van der Waals surface area contributed by atoms with Crippen LogP contribution >= 0.6 is 0 Å². The van der Waals surface area contributed by atoms with Crippen LogP contribution in [0.15, 0.2) is 0 Å². The van der Waals surface area contributed by atoms with Crippen LogP contribution in [0.5, 0.6) is 0 Å². The summed E-state index contributed by atoms with van der Waals surface area (Å²) in [5, 5.41) is 0. The molecule has 0 aliphatic rings. The molecule has 0 aromatic carbocycles. The molecule has 1 radical (unpaired) electrons. The van der Waals surface area contributed by atoms with Gasteiger partial charge in [0.05, 0.1) is 0 Å². The van der Waals surface area contributed by atoms with Crippen LogP contribution in [0.3, 0.4) is 0 Å². The maximum atomic E-state index is 0. The Balaban J connectivity index is 0. The second kappa shape index (κ2) is 17.2. The largest absolute Gasteiger partial charge is 0 e. The molecule has 0 N–H and O–H groups in total. The molecule has 0 aromatic rings. The summed E-state index contributed by atoms with van der Waals surface area (Å²) in [6.45, 7) is 0. The van der Waals surface area contributed by atoms with Crippen molar-refractivity contribution in [1.82, 2.24) is 0 Å². The summed E-state index contributed by atoms with van der Waals surface area (Å²) in [6.07, 6.45) is 0. The van der Waals surface area contributed by atoms with Crippen LogP contribution in [0.1, 0.15) is 0 Å². The van der Waals surface area contributed by atoms with Crippen LogP contribution in [0.2, 0.25) is 0 Å². The third kappa shape index (κ3) is 8.83. The normalized spacial score (nSPS) is 0. The van der Waals surface area contributed by atoms with Crippen LogP contribution in [-0.2, 0) is 84.5 Å². The quantitative estimate of drug-likeness (QED) is 0.542. The Morgan fingerprint density at radius 1 is 1.00 bits per heavy atom. The summed E-state index contributed by atoms with van der Waals surface area (Å²) in [6, 6.07) is 0. The van der Waals surface area contributed by atoms with Crippen LogP contribution in [0, 0.1) is 0 Å². The van der Waals surface area contributed by atoms with Gasteiger partial charge in [-0.3, -0.25) is 0 Å². The number of hydrogen-bond donors (Lipinski definition) is 0. The topological polar surface area (TPSA) is 0 Å². The molecule has 0 nitrogen and oxygen atoms in total. The van der Waals surface area contributed by atoms with Crippen LogP contribution < -0.4 is 0 Å². The average molecular weight is 268 g/mol. The fourth-order valence-corrected chi connectivity index (χ4v) is 0. The van der Waals surface area contributed by atoms with Crippen molar-refractivity contribution < 1.29 is 84.5 Å². The van der Waals surface area contributed by atoms with E-state index in [9.17, 15) is 0 Å². The molecule has 0 amide bonds. The van der Waals surface area contributed by atoms with Crippen LogP contribution in [0.25, 0.3) is 0 Å². The minimum absolute atomic E-state index is 0. The molecule has 0 heterocycles. The molecule has 0 fully saturated rings. The van der Waals surface area contributed by atoms with E-state index >= 15 is 0 Å². The van der Waals surface area contributed by atoms with E-state index in [1.165, 1.54) is 0 Å². The molecule has 0 bridgehead atoms. The Bertz CT molecular complexity index is 8.00. The molecule has 0 aliphatic heterocycles. The van der Waals surface area contributed by atoms with Gasteiger partial charge >= 0.3 is 0 Å². The monoisotopic (exact) mass is 265 g/mol. The van der Waals surface area contributed by atoms with E-state index in [1.807, 2.05) is 0 Å². The van der Waals surface area contributed by atoms with Crippen molar-refractivity contribution >= 4 is 0 Å². The van der Waals surface area contributed by atoms with Gasteiger partial charge in [-0.15, -0.1) is 0 Å². The molecule has 0 spiro atoms. The molecule has 21 valence electrons. The first-order chi connectivity index (χ1) is 0. The van der Waals surface area contributed by atoms with Gasteiger partial charge in [0.15, 0.2) is 0 Å². The van der Waals surface area contributed by atoms with E-state index in [-0.39, 0.29) is 84.5 Å². The zero-order valence-corrected chi connectivity index (χ0v) is 9.94. The van der Waals surface area contributed by atoms with Crippen molar-refractivity contribution in [2.75, 3.05) is 0 Å². The fourth-order valence-electron chi connectivity index (χ4n) is 0. The molecule has 4 heavy (non-hydrogen) atoms. The Kier molecular flexibility index (Phi) is 127. The molecule has 0 unspecified atom stereocenters. The van der Waals surface area contributed by atoms with Gasteiger partial charge in [-0.25, -0.2) is 0 Å². The van der Waals surface area contributed by atoms with Crippen LogP contribution in [0.4, 0.5) is 0 Å². The first-order valence-electron chi connectivity index (χ1n) is 0. The first-order valence-corrected chi connectivity index (χ1v) is 0. The third-order valence-electron chi connectivity index (χ3n) is 0. The van der Waals surface area contributed by atoms with E-state index in [0.717, 1.165) is 0 Å². The molecule has 4 heteroatoms. The first kappa shape index (κ1) is 29.6. The second-order valence-corrected chi connectivity index (χ2v) is 0. The smallest absolute Gasteiger partial charge is 0 e. The summed E-state index contributed by atoms with van der Waals surface area (Å²) in [5.74, 6) is 0. The van der Waals surface area contributed by atoms with E-state index in [4.69, 9.17) is 0 Å². The Morgan fingerprint density at radius 2 is 1.00 bits per heavy atom. The van der Waals surface area contributed by atoms with Gasteiger partial charge in [-0.05, 0) is 0 Å². The van der Waals surface area contributed by atoms with E-state index in [0.29, 0.717) is 0 Å². The van der Waals surface area contributed by atoms with Crippen LogP contribution in [-0.4, -0.2) is 0 Å². The SMILES string of the molecule is [Cu].[Ti].[Zn].[Zr]. The van der Waals surface area contributed by atoms with Gasteiger partial charge in [0, 0.05) is 84.5 Å². The molecule has 0 saturated carbocycles. The molecule has 0 rings (SSSR count). The standard InChI is InChI=1S/Cu.Ti.Zn.Zr. The molecule has 0 saturated heterocycles. The Labute approximate surface area is 83.1 Å². The van der Waals surface area contributed by atoms with Crippen molar-refractivity contribution in [3.8, 4) is 0 Å². The molecular weight excluding hydrogens is 268 g/mol. The van der Waals surface area contributed by atoms with E-state index in [1.54, 1.807) is 0 Å². The Morgan fingerprint density at radius 3 is 1.00 bits per heavy atom. The van der Waals surface area contributed by atoms with Gasteiger partial charge < -0.3 is 0 Å². The van der Waals surface area contributed by atoms with Crippen molar-refractivity contribution in [1.29, 1.82) is 0 Å². The summed E-state index contributed by atoms with van der Waals surface area (Å²) in [5.41, 5.74) is 0. The third-order valence-corrected chi connectivity index (χ3v) is 0. The van der Waals surface area contributed by atoms with Crippen molar-refractivity contribution in [2.45, 2.75) is 0 Å². The van der Waals surface area contributed by atoms with Gasteiger partial charge in [0.1, 0.15) is 0 Å². The fraction of sp³-hybridized carbons (Fsp3) is 0. The predicted octanol–water partition coefficient (Wildman–Crippen LogP) is -0.0100. The van der Waals surface area contributed by atoms with Gasteiger partial charge in [-0.1, -0.05) is 0 Å². The van der Waals surface area contributed by atoms with Crippen molar-refractivity contribution in [2.24, 2.45) is 0 Å². The Hall–Kier alpha value is 2.74. The predicted molar refractivity (Wildman–Crippen MR) is 0 cm³/mol. The van der Waals surface area contributed by atoms with Crippen molar-refractivity contribution in [3.05, 3.63) is 0 Å². The summed E-state index contributed by atoms with van der Waals surface area (Å²) >= 11 is 0. The molecular formula is CuTiZnZr. The molecule has 0 aromatic heterocycles. The second-order valence-electron chi connectivity index (χ2n) is 0. The minimum Gasteiger partial charge on any atom is 0 e. The maximum absolute atomic E-state index is 0. The van der Waals surface area contributed by atoms with E-state index < -0.39 is 0 Å². The molecule has 0 aliphatic carbocycles. The average Bonchev–Trinajstić information content (AvgIpc) is 0. The van der Waals surface area contributed by atoms with E-state index in [2.05, 4.69) is 0 Å². The van der Waals surface area contributed by atoms with Gasteiger partial charge in [0.2, 0.25) is 0 Å².